The SMILES string of the molecule is COc1ccc([N+](=O)[O-])cc1-c1nc2cc(-c3cc4ccccc4o3)ccc2o1. The lowest BCUT2D eigenvalue weighted by molar-refractivity contribution is -0.384. The Bertz CT molecular complexity index is 1350. The van der Waals surface area contributed by atoms with Crippen LogP contribution in [-0.2, 0) is 0 Å². The van der Waals surface area contributed by atoms with Crippen molar-refractivity contribution in [2.45, 2.75) is 0 Å². The number of ether oxygens (including phenoxy) is 1. The van der Waals surface area contributed by atoms with Crippen LogP contribution in [0.3, 0.4) is 0 Å². The highest BCUT2D eigenvalue weighted by Gasteiger charge is 2.18. The van der Waals surface area contributed by atoms with Crippen molar-refractivity contribution in [2.24, 2.45) is 0 Å². The van der Waals surface area contributed by atoms with Crippen LogP contribution in [0, 0.1) is 10.1 Å². The van der Waals surface area contributed by atoms with Crippen molar-refractivity contribution < 1.29 is 18.5 Å². The predicted octanol–water partition coefficient (Wildman–Crippen LogP) is 5.82. The van der Waals surface area contributed by atoms with Crippen molar-refractivity contribution in [3.8, 4) is 28.5 Å². The van der Waals surface area contributed by atoms with Gasteiger partial charge in [-0.2, -0.15) is 0 Å². The molecule has 0 aliphatic carbocycles. The van der Waals surface area contributed by atoms with Crippen molar-refractivity contribution in [1.82, 2.24) is 4.98 Å². The number of aromatic nitrogens is 1. The van der Waals surface area contributed by atoms with Crippen LogP contribution in [0.2, 0.25) is 0 Å². The number of nitro benzene ring substituents is 1. The first-order valence-corrected chi connectivity index (χ1v) is 8.85. The number of nitrogens with zero attached hydrogens (tertiary/aromatic N) is 2. The van der Waals surface area contributed by atoms with Gasteiger partial charge in [0.1, 0.15) is 22.6 Å². The van der Waals surface area contributed by atoms with Crippen molar-refractivity contribution >= 4 is 27.8 Å². The molecule has 5 aromatic rings. The van der Waals surface area contributed by atoms with Crippen LogP contribution in [0.1, 0.15) is 0 Å². The summed E-state index contributed by atoms with van der Waals surface area (Å²) in [6, 6.07) is 19.6. The zero-order valence-electron chi connectivity index (χ0n) is 15.3. The molecule has 0 N–H and O–H groups in total. The monoisotopic (exact) mass is 386 g/mol. The summed E-state index contributed by atoms with van der Waals surface area (Å²) >= 11 is 0. The minimum Gasteiger partial charge on any atom is -0.496 e. The predicted molar refractivity (Wildman–Crippen MR) is 108 cm³/mol. The van der Waals surface area contributed by atoms with Crippen LogP contribution in [0.25, 0.3) is 44.8 Å². The van der Waals surface area contributed by atoms with Gasteiger partial charge in [0.2, 0.25) is 5.89 Å². The van der Waals surface area contributed by atoms with Crippen molar-refractivity contribution in [3.05, 3.63) is 76.8 Å². The van der Waals surface area contributed by atoms with E-state index in [4.69, 9.17) is 13.6 Å². The summed E-state index contributed by atoms with van der Waals surface area (Å²) in [6.07, 6.45) is 0. The molecule has 142 valence electrons. The molecule has 7 nitrogen and oxygen atoms in total. The van der Waals surface area contributed by atoms with Crippen molar-refractivity contribution in [1.29, 1.82) is 0 Å². The van der Waals surface area contributed by atoms with Crippen LogP contribution in [0.5, 0.6) is 5.75 Å². The van der Waals surface area contributed by atoms with Crippen LogP contribution in [0.15, 0.2) is 75.6 Å². The summed E-state index contributed by atoms with van der Waals surface area (Å²) < 4.78 is 17.1. The van der Waals surface area contributed by atoms with Gasteiger partial charge in [0.05, 0.1) is 17.6 Å². The quantitative estimate of drug-likeness (QED) is 0.285. The van der Waals surface area contributed by atoms with Gasteiger partial charge in [0.15, 0.2) is 5.58 Å². The molecule has 0 bridgehead atoms. The molecule has 0 unspecified atom stereocenters. The molecule has 2 heterocycles. The Labute approximate surface area is 164 Å². The molecular weight excluding hydrogens is 372 g/mol. The largest absolute Gasteiger partial charge is 0.496 e. The van der Waals surface area contributed by atoms with E-state index in [9.17, 15) is 10.1 Å². The highest BCUT2D eigenvalue weighted by Crippen LogP contribution is 2.36. The minimum atomic E-state index is -0.467. The third-order valence-electron chi connectivity index (χ3n) is 4.72. The smallest absolute Gasteiger partial charge is 0.270 e. The van der Waals surface area contributed by atoms with Gasteiger partial charge in [-0.1, -0.05) is 18.2 Å². The van der Waals surface area contributed by atoms with Gasteiger partial charge >= 0.3 is 0 Å². The Morgan fingerprint density at radius 3 is 2.62 bits per heavy atom. The lowest BCUT2D eigenvalue weighted by Gasteiger charge is -2.04. The van der Waals surface area contributed by atoms with Crippen LogP contribution in [0.4, 0.5) is 5.69 Å². The summed E-state index contributed by atoms with van der Waals surface area (Å²) in [7, 11) is 1.49. The van der Waals surface area contributed by atoms with Crippen LogP contribution in [-0.4, -0.2) is 17.0 Å². The Balaban J connectivity index is 1.61. The molecule has 0 aliphatic heterocycles. The number of hydrogen-bond donors (Lipinski definition) is 0. The summed E-state index contributed by atoms with van der Waals surface area (Å²) in [5.41, 5.74) is 3.21. The second-order valence-electron chi connectivity index (χ2n) is 6.49. The standard InChI is InChI=1S/C22H14N2O5/c1-27-19-9-7-15(24(25)26)12-16(19)22-23-17-10-14(6-8-20(17)29-22)21-11-13-4-2-3-5-18(13)28-21/h2-12H,1H3. The summed E-state index contributed by atoms with van der Waals surface area (Å²) in [6.45, 7) is 0. The van der Waals surface area contributed by atoms with E-state index in [1.54, 1.807) is 6.07 Å². The molecule has 0 aliphatic rings. The average molecular weight is 386 g/mol. The van der Waals surface area contributed by atoms with E-state index in [0.29, 0.717) is 22.4 Å². The minimum absolute atomic E-state index is 0.0639. The molecule has 0 radical (unpaired) electrons. The third-order valence-corrected chi connectivity index (χ3v) is 4.72. The average Bonchev–Trinajstić information content (AvgIpc) is 3.36. The number of non-ortho nitro benzene ring substituents is 1. The number of fused-ring (bicyclic) bond motifs is 2. The number of benzene rings is 3. The summed E-state index contributed by atoms with van der Waals surface area (Å²) in [5.74, 6) is 1.42. The number of methoxy groups -OCH3 is 1. The molecule has 2 aromatic heterocycles. The number of nitro groups is 1. The maximum Gasteiger partial charge on any atom is 0.270 e. The molecule has 0 atom stereocenters. The van der Waals surface area contributed by atoms with E-state index in [1.165, 1.54) is 25.3 Å². The molecule has 0 amide bonds. The molecule has 0 spiro atoms. The van der Waals surface area contributed by atoms with Gasteiger partial charge in [-0.05, 0) is 36.4 Å². The highest BCUT2D eigenvalue weighted by molar-refractivity contribution is 5.86. The van der Waals surface area contributed by atoms with E-state index in [1.807, 2.05) is 42.5 Å². The number of para-hydroxylation sites is 1. The lowest BCUT2D eigenvalue weighted by Crippen LogP contribution is -1.92. The van der Waals surface area contributed by atoms with E-state index in [-0.39, 0.29) is 11.6 Å². The highest BCUT2D eigenvalue weighted by atomic mass is 16.6. The Morgan fingerprint density at radius 2 is 1.83 bits per heavy atom. The number of rotatable bonds is 4. The Hall–Kier alpha value is -4.13. The van der Waals surface area contributed by atoms with E-state index in [2.05, 4.69) is 4.98 Å². The number of furan rings is 1. The van der Waals surface area contributed by atoms with Crippen LogP contribution < -0.4 is 4.74 Å². The summed E-state index contributed by atoms with van der Waals surface area (Å²) in [4.78, 5) is 15.2. The van der Waals surface area contributed by atoms with Gasteiger partial charge in [0, 0.05) is 23.1 Å². The fourth-order valence-electron chi connectivity index (χ4n) is 3.30. The molecular formula is C22H14N2O5. The van der Waals surface area contributed by atoms with E-state index in [0.717, 1.165) is 22.3 Å². The maximum atomic E-state index is 11.1. The van der Waals surface area contributed by atoms with Gasteiger partial charge in [-0.3, -0.25) is 10.1 Å². The zero-order valence-corrected chi connectivity index (χ0v) is 15.3. The van der Waals surface area contributed by atoms with Crippen molar-refractivity contribution in [2.75, 3.05) is 7.11 Å². The molecule has 29 heavy (non-hydrogen) atoms. The van der Waals surface area contributed by atoms with E-state index < -0.39 is 4.92 Å². The van der Waals surface area contributed by atoms with Gasteiger partial charge < -0.3 is 13.6 Å². The van der Waals surface area contributed by atoms with Crippen LogP contribution >= 0.6 is 0 Å². The van der Waals surface area contributed by atoms with Gasteiger partial charge in [0.25, 0.3) is 5.69 Å². The number of oxazole rings is 1. The van der Waals surface area contributed by atoms with Gasteiger partial charge in [-0.15, -0.1) is 0 Å². The topological polar surface area (TPSA) is 91.5 Å². The second kappa shape index (κ2) is 6.49. The van der Waals surface area contributed by atoms with Crippen molar-refractivity contribution in [3.63, 3.8) is 0 Å². The van der Waals surface area contributed by atoms with E-state index >= 15 is 0 Å². The first-order valence-electron chi connectivity index (χ1n) is 8.85. The maximum absolute atomic E-state index is 11.1. The second-order valence-corrected chi connectivity index (χ2v) is 6.49. The number of hydrogen-bond acceptors (Lipinski definition) is 6. The fourth-order valence-corrected chi connectivity index (χ4v) is 3.30. The Kier molecular flexibility index (Phi) is 3.80. The lowest BCUT2D eigenvalue weighted by atomic mass is 10.1. The molecule has 0 fully saturated rings. The Morgan fingerprint density at radius 1 is 0.966 bits per heavy atom. The molecule has 0 saturated heterocycles. The zero-order chi connectivity index (χ0) is 20.0. The van der Waals surface area contributed by atoms with Gasteiger partial charge in [-0.25, -0.2) is 4.98 Å². The molecule has 7 heteroatoms. The molecule has 0 saturated carbocycles. The summed E-state index contributed by atoms with van der Waals surface area (Å²) in [5, 5.41) is 12.2. The fraction of sp³-hybridized carbons (Fsp3) is 0.0455. The third kappa shape index (κ3) is 2.89. The molecule has 5 rings (SSSR count). The first kappa shape index (κ1) is 17.0. The first-order chi connectivity index (χ1) is 14.1. The molecule has 3 aromatic carbocycles. The normalized spacial score (nSPS) is 11.2.